The van der Waals surface area contributed by atoms with Gasteiger partial charge in [0.2, 0.25) is 11.8 Å². The summed E-state index contributed by atoms with van der Waals surface area (Å²) >= 11 is 0. The molecule has 0 spiro atoms. The van der Waals surface area contributed by atoms with Crippen LogP contribution in [0.1, 0.15) is 17.5 Å². The van der Waals surface area contributed by atoms with Crippen molar-refractivity contribution >= 4 is 23.3 Å². The topological polar surface area (TPSA) is 85.7 Å². The SMILES string of the molecule is O=C(Nc1ccnn1Cc1ccc(C(F)(F)F)cc1)[C@@H]1CC(=O)N(c2ccc3c(c2)OCCO3)C1. The Bertz CT molecular complexity index is 1260. The Morgan fingerprint density at radius 1 is 1.06 bits per heavy atom. The summed E-state index contributed by atoms with van der Waals surface area (Å²) in [5, 5.41) is 6.95. The van der Waals surface area contributed by atoms with Crippen molar-refractivity contribution in [3.05, 3.63) is 65.9 Å². The van der Waals surface area contributed by atoms with Crippen LogP contribution in [0.15, 0.2) is 54.7 Å². The van der Waals surface area contributed by atoms with Crippen molar-refractivity contribution in [1.29, 1.82) is 0 Å². The lowest BCUT2D eigenvalue weighted by molar-refractivity contribution is -0.137. The molecule has 1 saturated heterocycles. The second-order valence-electron chi connectivity index (χ2n) is 8.29. The van der Waals surface area contributed by atoms with Gasteiger partial charge in [-0.25, -0.2) is 4.68 Å². The fourth-order valence-electron chi connectivity index (χ4n) is 4.10. The fraction of sp³-hybridized carbons (Fsp3) is 0.292. The van der Waals surface area contributed by atoms with Crippen LogP contribution in [0.25, 0.3) is 0 Å². The van der Waals surface area contributed by atoms with Gasteiger partial charge in [0.25, 0.3) is 0 Å². The van der Waals surface area contributed by atoms with Crippen molar-refractivity contribution in [2.45, 2.75) is 19.1 Å². The molecule has 1 N–H and O–H groups in total. The van der Waals surface area contributed by atoms with Crippen molar-refractivity contribution in [3.8, 4) is 11.5 Å². The average molecular weight is 486 g/mol. The van der Waals surface area contributed by atoms with Crippen LogP contribution in [-0.4, -0.2) is 41.4 Å². The van der Waals surface area contributed by atoms with Gasteiger partial charge in [0.05, 0.1) is 24.2 Å². The predicted molar refractivity (Wildman–Crippen MR) is 119 cm³/mol. The lowest BCUT2D eigenvalue weighted by atomic mass is 10.1. The maximum Gasteiger partial charge on any atom is 0.416 e. The highest BCUT2D eigenvalue weighted by atomic mass is 19.4. The number of ether oxygens (including phenoxy) is 2. The van der Waals surface area contributed by atoms with Gasteiger partial charge in [-0.3, -0.25) is 9.59 Å². The predicted octanol–water partition coefficient (Wildman–Crippen LogP) is 3.71. The minimum absolute atomic E-state index is 0.0489. The molecule has 11 heteroatoms. The summed E-state index contributed by atoms with van der Waals surface area (Å²) in [6.45, 7) is 1.27. The number of hydrogen-bond acceptors (Lipinski definition) is 5. The third-order valence-electron chi connectivity index (χ3n) is 5.91. The molecule has 35 heavy (non-hydrogen) atoms. The zero-order valence-corrected chi connectivity index (χ0v) is 18.4. The van der Waals surface area contributed by atoms with Gasteiger partial charge in [0.15, 0.2) is 11.5 Å². The molecule has 2 aromatic carbocycles. The second kappa shape index (κ2) is 8.97. The van der Waals surface area contributed by atoms with Gasteiger partial charge in [-0.2, -0.15) is 18.3 Å². The van der Waals surface area contributed by atoms with Crippen molar-refractivity contribution < 1.29 is 32.2 Å². The number of nitrogens with one attached hydrogen (secondary N) is 1. The van der Waals surface area contributed by atoms with Crippen LogP contribution in [0.2, 0.25) is 0 Å². The van der Waals surface area contributed by atoms with Crippen molar-refractivity contribution in [1.82, 2.24) is 9.78 Å². The summed E-state index contributed by atoms with van der Waals surface area (Å²) in [6, 6.07) is 11.6. The number of nitrogens with zero attached hydrogens (tertiary/aromatic N) is 3. The summed E-state index contributed by atoms with van der Waals surface area (Å²) in [5.74, 6) is 0.460. The fourth-order valence-corrected chi connectivity index (χ4v) is 4.10. The maximum atomic E-state index is 12.9. The summed E-state index contributed by atoms with van der Waals surface area (Å²) < 4.78 is 50.9. The molecular weight excluding hydrogens is 465 g/mol. The van der Waals surface area contributed by atoms with Gasteiger partial charge in [-0.1, -0.05) is 12.1 Å². The number of anilines is 2. The molecule has 0 bridgehead atoms. The lowest BCUT2D eigenvalue weighted by Crippen LogP contribution is -2.29. The number of fused-ring (bicyclic) bond motifs is 1. The van der Waals surface area contributed by atoms with E-state index in [1.54, 1.807) is 29.2 Å². The Morgan fingerprint density at radius 2 is 1.80 bits per heavy atom. The molecule has 2 aliphatic rings. The highest BCUT2D eigenvalue weighted by Crippen LogP contribution is 2.36. The van der Waals surface area contributed by atoms with E-state index in [2.05, 4.69) is 10.4 Å². The number of halogens is 3. The largest absolute Gasteiger partial charge is 0.486 e. The Hall–Kier alpha value is -4.02. The van der Waals surface area contributed by atoms with Crippen molar-refractivity contribution in [2.24, 2.45) is 5.92 Å². The molecule has 1 fully saturated rings. The van der Waals surface area contributed by atoms with Crippen LogP contribution >= 0.6 is 0 Å². The van der Waals surface area contributed by atoms with Crippen molar-refractivity contribution in [3.63, 3.8) is 0 Å². The van der Waals surface area contributed by atoms with Crippen LogP contribution in [-0.2, 0) is 22.3 Å². The van der Waals surface area contributed by atoms with E-state index in [9.17, 15) is 22.8 Å². The smallest absolute Gasteiger partial charge is 0.416 e. The first-order valence-corrected chi connectivity index (χ1v) is 11.0. The summed E-state index contributed by atoms with van der Waals surface area (Å²) in [7, 11) is 0. The van der Waals surface area contributed by atoms with Gasteiger partial charge < -0.3 is 19.7 Å². The first-order valence-electron chi connectivity index (χ1n) is 11.0. The molecule has 1 atom stereocenters. The molecule has 5 rings (SSSR count). The summed E-state index contributed by atoms with van der Waals surface area (Å²) in [6.07, 6.45) is -2.87. The number of hydrogen-bond donors (Lipinski definition) is 1. The van der Waals surface area contributed by atoms with E-state index in [1.165, 1.54) is 23.0 Å². The molecule has 1 aromatic heterocycles. The van der Waals surface area contributed by atoms with Crippen LogP contribution in [0.4, 0.5) is 24.7 Å². The summed E-state index contributed by atoms with van der Waals surface area (Å²) in [4.78, 5) is 27.1. The van der Waals surface area contributed by atoms with Crippen LogP contribution in [0.3, 0.4) is 0 Å². The van der Waals surface area contributed by atoms with E-state index >= 15 is 0 Å². The molecule has 3 aromatic rings. The van der Waals surface area contributed by atoms with Gasteiger partial charge in [-0.05, 0) is 29.8 Å². The molecule has 3 heterocycles. The van der Waals surface area contributed by atoms with Crippen LogP contribution in [0.5, 0.6) is 11.5 Å². The van der Waals surface area contributed by atoms with Gasteiger partial charge in [-0.15, -0.1) is 0 Å². The molecule has 0 saturated carbocycles. The molecule has 0 unspecified atom stereocenters. The molecule has 182 valence electrons. The highest BCUT2D eigenvalue weighted by Gasteiger charge is 2.36. The van der Waals surface area contributed by atoms with E-state index in [1.807, 2.05) is 0 Å². The van der Waals surface area contributed by atoms with E-state index < -0.39 is 17.7 Å². The first-order chi connectivity index (χ1) is 16.8. The third kappa shape index (κ3) is 4.79. The Kier molecular flexibility index (Phi) is 5.83. The van der Waals surface area contributed by atoms with E-state index in [0.717, 1.165) is 12.1 Å². The van der Waals surface area contributed by atoms with Crippen molar-refractivity contribution in [2.75, 3.05) is 30.0 Å². The summed E-state index contributed by atoms with van der Waals surface area (Å²) in [5.41, 5.74) is 0.489. The maximum absolute atomic E-state index is 12.9. The minimum Gasteiger partial charge on any atom is -0.486 e. The molecule has 8 nitrogen and oxygen atoms in total. The van der Waals surface area contributed by atoms with Crippen LogP contribution < -0.4 is 19.7 Å². The molecular formula is C24H21F3N4O4. The monoisotopic (exact) mass is 486 g/mol. The molecule has 0 radical (unpaired) electrons. The highest BCUT2D eigenvalue weighted by molar-refractivity contribution is 6.03. The molecule has 2 aliphatic heterocycles. The van der Waals surface area contributed by atoms with Gasteiger partial charge in [0.1, 0.15) is 19.0 Å². The number of alkyl halides is 3. The second-order valence-corrected chi connectivity index (χ2v) is 8.29. The quantitative estimate of drug-likeness (QED) is 0.594. The zero-order chi connectivity index (χ0) is 24.6. The minimum atomic E-state index is -4.41. The number of amides is 2. The number of benzene rings is 2. The van der Waals surface area contributed by atoms with E-state index in [-0.39, 0.29) is 31.3 Å². The van der Waals surface area contributed by atoms with Crippen LogP contribution in [0, 0.1) is 5.92 Å². The van der Waals surface area contributed by atoms with E-state index in [0.29, 0.717) is 41.8 Å². The number of rotatable bonds is 5. The Labute approximate surface area is 198 Å². The lowest BCUT2D eigenvalue weighted by Gasteiger charge is -2.22. The van der Waals surface area contributed by atoms with Gasteiger partial charge >= 0.3 is 6.18 Å². The zero-order valence-electron chi connectivity index (χ0n) is 18.4. The average Bonchev–Trinajstić information content (AvgIpc) is 3.44. The Balaban J connectivity index is 1.24. The molecule has 0 aliphatic carbocycles. The first kappa shape index (κ1) is 22.8. The van der Waals surface area contributed by atoms with Gasteiger partial charge in [0, 0.05) is 30.8 Å². The Morgan fingerprint density at radius 3 is 2.54 bits per heavy atom. The van der Waals surface area contributed by atoms with E-state index in [4.69, 9.17) is 9.47 Å². The number of aromatic nitrogens is 2. The third-order valence-corrected chi connectivity index (χ3v) is 5.91. The number of carbonyl (C=O) groups excluding carboxylic acids is 2. The normalized spacial score (nSPS) is 17.5. The molecule has 2 amide bonds. The standard InChI is InChI=1S/C24H21F3N4O4/c25-24(26,27)17-3-1-15(2-4-17)13-31-21(7-8-28-31)29-23(33)16-11-22(32)30(14-16)18-5-6-19-20(12-18)35-10-9-34-19/h1-8,12,16H,9-11,13-14H2,(H,29,33)/t16-/m1/s1. The number of carbonyl (C=O) groups is 2.